The Kier molecular flexibility index (Phi) is 4.45. The predicted octanol–water partition coefficient (Wildman–Crippen LogP) is 3.97. The lowest BCUT2D eigenvalue weighted by atomic mass is 9.91. The van der Waals surface area contributed by atoms with E-state index < -0.39 is 0 Å². The van der Waals surface area contributed by atoms with Crippen molar-refractivity contribution in [1.29, 1.82) is 0 Å². The molecule has 1 fully saturated rings. The molecule has 0 spiro atoms. The minimum absolute atomic E-state index is 0.193. The van der Waals surface area contributed by atoms with Crippen LogP contribution in [-0.2, 0) is 5.33 Å². The molecule has 1 aliphatic rings. The van der Waals surface area contributed by atoms with Gasteiger partial charge in [-0.25, -0.2) is 0 Å². The lowest BCUT2D eigenvalue weighted by molar-refractivity contribution is -0.385. The van der Waals surface area contributed by atoms with Gasteiger partial charge in [0.15, 0.2) is 0 Å². The van der Waals surface area contributed by atoms with Gasteiger partial charge in [-0.3, -0.25) is 10.1 Å². The fourth-order valence-electron chi connectivity index (χ4n) is 2.93. The summed E-state index contributed by atoms with van der Waals surface area (Å²) in [5.41, 5.74) is 2.03. The molecule has 2 rings (SSSR count). The Morgan fingerprint density at radius 1 is 1.37 bits per heavy atom. The molecule has 0 aromatic heterocycles. The third-order valence-corrected chi connectivity index (χ3v) is 4.24. The summed E-state index contributed by atoms with van der Waals surface area (Å²) in [5, 5.41) is 11.5. The number of halogens is 1. The Hall–Kier alpha value is -1.10. The van der Waals surface area contributed by atoms with Gasteiger partial charge in [0.25, 0.3) is 5.69 Å². The number of rotatable bonds is 3. The van der Waals surface area contributed by atoms with E-state index in [1.807, 2.05) is 12.1 Å². The van der Waals surface area contributed by atoms with Gasteiger partial charge in [-0.1, -0.05) is 29.8 Å². The third kappa shape index (κ3) is 3.26. The fourth-order valence-corrected chi connectivity index (χ4v) is 3.38. The number of nitrogens with zero attached hydrogens (tertiary/aromatic N) is 2. The van der Waals surface area contributed by atoms with Crippen LogP contribution in [0.3, 0.4) is 0 Å². The largest absolute Gasteiger partial charge is 0.371 e. The lowest BCUT2D eigenvalue weighted by Gasteiger charge is -2.36. The third-order valence-electron chi connectivity index (χ3n) is 3.64. The van der Waals surface area contributed by atoms with Crippen LogP contribution in [0.2, 0.25) is 0 Å². The lowest BCUT2D eigenvalue weighted by Crippen LogP contribution is -2.38. The first-order valence-corrected chi connectivity index (χ1v) is 7.71. The fraction of sp³-hybridized carbons (Fsp3) is 0.571. The molecule has 1 aromatic rings. The maximum absolute atomic E-state index is 10.9. The highest BCUT2D eigenvalue weighted by Gasteiger charge is 2.23. The quantitative estimate of drug-likeness (QED) is 0.479. The van der Waals surface area contributed by atoms with Gasteiger partial charge in [0.2, 0.25) is 0 Å². The molecule has 19 heavy (non-hydrogen) atoms. The molecule has 0 N–H and O–H groups in total. The molecule has 0 radical (unpaired) electrons. The maximum Gasteiger partial charge on any atom is 0.273 e. The number of hydrogen-bond donors (Lipinski definition) is 0. The number of piperidine rings is 1. The maximum atomic E-state index is 10.9. The zero-order valence-corrected chi connectivity index (χ0v) is 12.9. The summed E-state index contributed by atoms with van der Waals surface area (Å²) in [6.45, 7) is 6.59. The molecule has 0 amide bonds. The summed E-state index contributed by atoms with van der Waals surface area (Å²) < 4.78 is 0. The van der Waals surface area contributed by atoms with E-state index in [0.717, 1.165) is 24.3 Å². The second-order valence-electron chi connectivity index (χ2n) is 5.55. The van der Waals surface area contributed by atoms with E-state index >= 15 is 0 Å². The molecule has 1 saturated heterocycles. The number of anilines is 1. The number of hydrogen-bond acceptors (Lipinski definition) is 3. The average Bonchev–Trinajstić information content (AvgIpc) is 2.36. The van der Waals surface area contributed by atoms with Gasteiger partial charge in [-0.2, -0.15) is 0 Å². The van der Waals surface area contributed by atoms with Crippen molar-refractivity contribution in [3.05, 3.63) is 33.9 Å². The molecule has 2 unspecified atom stereocenters. The molecule has 0 aliphatic carbocycles. The Morgan fingerprint density at radius 2 is 2.00 bits per heavy atom. The van der Waals surface area contributed by atoms with Crippen molar-refractivity contribution in [2.75, 3.05) is 18.0 Å². The van der Waals surface area contributed by atoms with Crippen molar-refractivity contribution in [3.8, 4) is 0 Å². The summed E-state index contributed by atoms with van der Waals surface area (Å²) in [4.78, 5) is 13.0. The topological polar surface area (TPSA) is 46.4 Å². The van der Waals surface area contributed by atoms with Gasteiger partial charge in [0, 0.05) is 35.7 Å². The molecular weight excluding hydrogens is 308 g/mol. The molecule has 1 heterocycles. The van der Waals surface area contributed by atoms with E-state index in [1.54, 1.807) is 6.07 Å². The first kappa shape index (κ1) is 14.3. The standard InChI is InChI=1S/C14H19BrN2O2/c1-10-5-11(2)9-16(8-10)13-3-4-14(17(18)19)12(6-13)7-15/h3-4,6,10-11H,5,7-9H2,1-2H3. The van der Waals surface area contributed by atoms with Crippen LogP contribution >= 0.6 is 15.9 Å². The first-order valence-electron chi connectivity index (χ1n) is 6.59. The second kappa shape index (κ2) is 5.90. The highest BCUT2D eigenvalue weighted by atomic mass is 79.9. The highest BCUT2D eigenvalue weighted by molar-refractivity contribution is 9.08. The molecule has 5 heteroatoms. The number of nitro groups is 1. The van der Waals surface area contributed by atoms with Crippen molar-refractivity contribution in [2.24, 2.45) is 11.8 Å². The molecule has 2 atom stereocenters. The van der Waals surface area contributed by atoms with Crippen molar-refractivity contribution in [2.45, 2.75) is 25.6 Å². The predicted molar refractivity (Wildman–Crippen MR) is 80.9 cm³/mol. The van der Waals surface area contributed by atoms with Gasteiger partial charge < -0.3 is 4.90 Å². The molecule has 4 nitrogen and oxygen atoms in total. The van der Waals surface area contributed by atoms with E-state index in [9.17, 15) is 10.1 Å². The summed E-state index contributed by atoms with van der Waals surface area (Å²) in [6, 6.07) is 5.43. The minimum atomic E-state index is -0.318. The van der Waals surface area contributed by atoms with Crippen LogP contribution in [0.4, 0.5) is 11.4 Å². The summed E-state index contributed by atoms with van der Waals surface area (Å²) in [7, 11) is 0. The van der Waals surface area contributed by atoms with Crippen LogP contribution in [0, 0.1) is 22.0 Å². The van der Waals surface area contributed by atoms with Gasteiger partial charge in [-0.15, -0.1) is 0 Å². The van der Waals surface area contributed by atoms with E-state index in [4.69, 9.17) is 0 Å². The normalized spacial score (nSPS) is 23.4. The monoisotopic (exact) mass is 326 g/mol. The average molecular weight is 327 g/mol. The number of nitro benzene ring substituents is 1. The molecule has 0 saturated carbocycles. The van der Waals surface area contributed by atoms with Crippen LogP contribution in [0.25, 0.3) is 0 Å². The molecule has 0 bridgehead atoms. The van der Waals surface area contributed by atoms with Crippen LogP contribution in [0.15, 0.2) is 18.2 Å². The Balaban J connectivity index is 2.27. The van der Waals surface area contributed by atoms with Crippen molar-refractivity contribution in [1.82, 2.24) is 0 Å². The van der Waals surface area contributed by atoms with Gasteiger partial charge >= 0.3 is 0 Å². The summed E-state index contributed by atoms with van der Waals surface area (Å²) in [6.07, 6.45) is 1.26. The smallest absolute Gasteiger partial charge is 0.273 e. The van der Waals surface area contributed by atoms with Gasteiger partial charge in [0.05, 0.1) is 4.92 Å². The van der Waals surface area contributed by atoms with Gasteiger partial charge in [-0.05, 0) is 30.4 Å². The zero-order valence-electron chi connectivity index (χ0n) is 11.3. The van der Waals surface area contributed by atoms with E-state index in [0.29, 0.717) is 17.2 Å². The molecule has 104 valence electrons. The van der Waals surface area contributed by atoms with E-state index in [2.05, 4.69) is 34.7 Å². The summed E-state index contributed by atoms with van der Waals surface area (Å²) >= 11 is 3.34. The number of benzene rings is 1. The van der Waals surface area contributed by atoms with Crippen molar-refractivity contribution in [3.63, 3.8) is 0 Å². The van der Waals surface area contributed by atoms with E-state index in [1.165, 1.54) is 6.42 Å². The molecular formula is C14H19BrN2O2. The van der Waals surface area contributed by atoms with Crippen LogP contribution in [0.1, 0.15) is 25.8 Å². The SMILES string of the molecule is CC1CC(C)CN(c2ccc([N+](=O)[O-])c(CBr)c2)C1. The Labute approximate surface area is 122 Å². The Morgan fingerprint density at radius 3 is 2.53 bits per heavy atom. The van der Waals surface area contributed by atoms with E-state index in [-0.39, 0.29) is 10.6 Å². The summed E-state index contributed by atoms with van der Waals surface area (Å²) in [5.74, 6) is 1.35. The van der Waals surface area contributed by atoms with Gasteiger partial charge in [0.1, 0.15) is 0 Å². The minimum Gasteiger partial charge on any atom is -0.371 e. The Bertz CT molecular complexity index is 469. The second-order valence-corrected chi connectivity index (χ2v) is 6.12. The highest BCUT2D eigenvalue weighted by Crippen LogP contribution is 2.30. The van der Waals surface area contributed by atoms with Crippen LogP contribution in [0.5, 0.6) is 0 Å². The van der Waals surface area contributed by atoms with Crippen LogP contribution < -0.4 is 4.90 Å². The number of alkyl halides is 1. The molecule has 1 aromatic carbocycles. The van der Waals surface area contributed by atoms with Crippen molar-refractivity contribution >= 4 is 27.3 Å². The van der Waals surface area contributed by atoms with Crippen LogP contribution in [-0.4, -0.2) is 18.0 Å². The first-order chi connectivity index (χ1) is 9.01. The molecule has 1 aliphatic heterocycles. The van der Waals surface area contributed by atoms with Crippen molar-refractivity contribution < 1.29 is 4.92 Å². The zero-order chi connectivity index (χ0) is 14.0.